The fourth-order valence-electron chi connectivity index (χ4n) is 1.99. The number of aromatic nitrogens is 2. The number of aliphatic hydroxyl groups is 1. The van der Waals surface area contributed by atoms with Gasteiger partial charge in [-0.15, -0.1) is 11.3 Å². The average Bonchev–Trinajstić information content (AvgIpc) is 2.84. The molecule has 6 heteroatoms. The molecule has 1 atom stereocenters. The van der Waals surface area contributed by atoms with E-state index in [0.29, 0.717) is 16.5 Å². The van der Waals surface area contributed by atoms with Crippen molar-refractivity contribution in [2.24, 2.45) is 7.05 Å². The summed E-state index contributed by atoms with van der Waals surface area (Å²) in [6.45, 7) is 3.94. The third-order valence-corrected chi connectivity index (χ3v) is 5.37. The monoisotopic (exact) mass is 318 g/mol. The van der Waals surface area contributed by atoms with E-state index in [1.165, 1.54) is 11.3 Å². The summed E-state index contributed by atoms with van der Waals surface area (Å²) in [5.74, 6) is 0. The number of hydrogen-bond donors (Lipinski definition) is 1. The Bertz CT molecular complexity index is 592. The number of thiophene rings is 1. The molecule has 0 radical (unpaired) electrons. The zero-order valence-electron chi connectivity index (χ0n) is 11.1. The smallest absolute Gasteiger partial charge is 0.0952 e. The minimum Gasteiger partial charge on any atom is -0.387 e. The van der Waals surface area contributed by atoms with Crippen LogP contribution in [-0.4, -0.2) is 14.9 Å². The van der Waals surface area contributed by atoms with Crippen LogP contribution in [0.25, 0.3) is 0 Å². The van der Waals surface area contributed by atoms with Crippen molar-refractivity contribution in [3.8, 4) is 0 Å². The Morgan fingerprint density at radius 2 is 2.11 bits per heavy atom. The number of rotatable bonds is 4. The Morgan fingerprint density at radius 3 is 2.58 bits per heavy atom. The van der Waals surface area contributed by atoms with Gasteiger partial charge in [0, 0.05) is 13.5 Å². The summed E-state index contributed by atoms with van der Waals surface area (Å²) in [7, 11) is 1.84. The van der Waals surface area contributed by atoms with Gasteiger partial charge in [0.05, 0.1) is 32.4 Å². The topological polar surface area (TPSA) is 38.0 Å². The summed E-state index contributed by atoms with van der Waals surface area (Å²) in [6, 6.07) is 0. The first-order chi connectivity index (χ1) is 8.95. The third-order valence-electron chi connectivity index (χ3n) is 3.12. The van der Waals surface area contributed by atoms with E-state index >= 15 is 0 Å². The second kappa shape index (κ2) is 5.83. The summed E-state index contributed by atoms with van der Waals surface area (Å²) in [5.41, 5.74) is 2.69. The van der Waals surface area contributed by atoms with Crippen LogP contribution in [0.3, 0.4) is 0 Å². The lowest BCUT2D eigenvalue weighted by Crippen LogP contribution is -2.06. The quantitative estimate of drug-likeness (QED) is 0.927. The molecule has 1 unspecified atom stereocenters. The van der Waals surface area contributed by atoms with Crippen LogP contribution < -0.4 is 0 Å². The maximum atomic E-state index is 10.3. The molecule has 19 heavy (non-hydrogen) atoms. The van der Waals surface area contributed by atoms with Crippen molar-refractivity contribution >= 4 is 34.5 Å². The molecule has 0 aliphatic rings. The van der Waals surface area contributed by atoms with Crippen molar-refractivity contribution in [1.29, 1.82) is 0 Å². The van der Waals surface area contributed by atoms with E-state index in [1.807, 2.05) is 26.3 Å². The summed E-state index contributed by atoms with van der Waals surface area (Å²) >= 11 is 13.9. The van der Waals surface area contributed by atoms with Gasteiger partial charge in [0.15, 0.2) is 0 Å². The van der Waals surface area contributed by atoms with Crippen LogP contribution in [0.4, 0.5) is 0 Å². The molecule has 1 N–H and O–H groups in total. The summed E-state index contributed by atoms with van der Waals surface area (Å²) in [6.07, 6.45) is 0.549. The Hall–Kier alpha value is -0.550. The van der Waals surface area contributed by atoms with Gasteiger partial charge in [-0.05, 0) is 24.3 Å². The minimum absolute atomic E-state index is 0.419. The zero-order chi connectivity index (χ0) is 14.2. The first kappa shape index (κ1) is 14.9. The molecule has 0 fully saturated rings. The van der Waals surface area contributed by atoms with E-state index in [9.17, 15) is 5.11 Å². The van der Waals surface area contributed by atoms with Gasteiger partial charge in [0.25, 0.3) is 0 Å². The van der Waals surface area contributed by atoms with Crippen LogP contribution in [0.1, 0.15) is 34.9 Å². The van der Waals surface area contributed by atoms with Crippen LogP contribution >= 0.6 is 34.5 Å². The maximum Gasteiger partial charge on any atom is 0.0952 e. The lowest BCUT2D eigenvalue weighted by atomic mass is 10.1. The summed E-state index contributed by atoms with van der Waals surface area (Å²) in [5, 5.41) is 17.9. The standard InChI is InChI=1S/C13H16Cl2N2OS/c1-4-8-12(15)9(17(3)16-8)5-10(18)13-11(14)7(2)6-19-13/h6,10,18H,4-5H2,1-3H3. The first-order valence-corrected chi connectivity index (χ1v) is 7.71. The molecule has 0 saturated heterocycles. The molecule has 3 nitrogen and oxygen atoms in total. The number of aliphatic hydroxyl groups excluding tert-OH is 1. The molecule has 104 valence electrons. The second-order valence-corrected chi connectivity index (χ2v) is 6.17. The molecule has 0 saturated carbocycles. The average molecular weight is 319 g/mol. The highest BCUT2D eigenvalue weighted by Gasteiger charge is 2.21. The number of halogens is 2. The summed E-state index contributed by atoms with van der Waals surface area (Å²) < 4.78 is 1.73. The molecule has 2 aromatic rings. The molecular formula is C13H16Cl2N2OS. The predicted molar refractivity (Wildman–Crippen MR) is 80.3 cm³/mol. The molecule has 0 amide bonds. The molecule has 2 aromatic heterocycles. The molecular weight excluding hydrogens is 303 g/mol. The first-order valence-electron chi connectivity index (χ1n) is 6.07. The predicted octanol–water partition coefficient (Wildman–Crippen LogP) is 3.94. The largest absolute Gasteiger partial charge is 0.387 e. The number of nitrogens with zero attached hydrogens (tertiary/aromatic N) is 2. The van der Waals surface area contributed by atoms with Crippen LogP contribution in [0, 0.1) is 6.92 Å². The molecule has 0 aromatic carbocycles. The Balaban J connectivity index is 2.26. The van der Waals surface area contributed by atoms with Gasteiger partial charge < -0.3 is 5.11 Å². The Labute approximate surface area is 126 Å². The van der Waals surface area contributed by atoms with Gasteiger partial charge in [-0.1, -0.05) is 30.1 Å². The highest BCUT2D eigenvalue weighted by atomic mass is 35.5. The third kappa shape index (κ3) is 2.82. The van der Waals surface area contributed by atoms with E-state index in [4.69, 9.17) is 23.2 Å². The fraction of sp³-hybridized carbons (Fsp3) is 0.462. The van der Waals surface area contributed by atoms with E-state index in [1.54, 1.807) is 4.68 Å². The lowest BCUT2D eigenvalue weighted by molar-refractivity contribution is 0.179. The van der Waals surface area contributed by atoms with Gasteiger partial charge in [-0.25, -0.2) is 0 Å². The van der Waals surface area contributed by atoms with Crippen molar-refractivity contribution in [1.82, 2.24) is 9.78 Å². The van der Waals surface area contributed by atoms with Crippen molar-refractivity contribution in [3.05, 3.63) is 37.3 Å². The van der Waals surface area contributed by atoms with Crippen LogP contribution in [0.15, 0.2) is 5.38 Å². The molecule has 0 aliphatic heterocycles. The van der Waals surface area contributed by atoms with Crippen LogP contribution in [0.5, 0.6) is 0 Å². The van der Waals surface area contributed by atoms with Crippen molar-refractivity contribution in [2.45, 2.75) is 32.8 Å². The highest BCUT2D eigenvalue weighted by molar-refractivity contribution is 7.10. The van der Waals surface area contributed by atoms with Crippen LogP contribution in [0.2, 0.25) is 10.0 Å². The molecule has 0 spiro atoms. The van der Waals surface area contributed by atoms with Gasteiger partial charge in [-0.2, -0.15) is 5.10 Å². The number of aryl methyl sites for hydroxylation is 3. The van der Waals surface area contributed by atoms with Gasteiger partial charge >= 0.3 is 0 Å². The fourth-order valence-corrected chi connectivity index (χ4v) is 3.67. The Morgan fingerprint density at radius 1 is 1.42 bits per heavy atom. The van der Waals surface area contributed by atoms with E-state index in [2.05, 4.69) is 5.10 Å². The second-order valence-electron chi connectivity index (χ2n) is 4.50. The normalized spacial score (nSPS) is 12.9. The van der Waals surface area contributed by atoms with Crippen molar-refractivity contribution in [3.63, 3.8) is 0 Å². The maximum absolute atomic E-state index is 10.3. The van der Waals surface area contributed by atoms with Crippen molar-refractivity contribution in [2.75, 3.05) is 0 Å². The van der Waals surface area contributed by atoms with Gasteiger partial charge in [-0.3, -0.25) is 4.68 Å². The minimum atomic E-state index is -0.649. The van der Waals surface area contributed by atoms with Gasteiger partial charge in [0.1, 0.15) is 0 Å². The Kier molecular flexibility index (Phi) is 4.56. The van der Waals surface area contributed by atoms with E-state index in [0.717, 1.165) is 28.2 Å². The van der Waals surface area contributed by atoms with E-state index < -0.39 is 6.10 Å². The highest BCUT2D eigenvalue weighted by Crippen LogP contribution is 2.35. The van der Waals surface area contributed by atoms with E-state index in [-0.39, 0.29) is 0 Å². The lowest BCUT2D eigenvalue weighted by Gasteiger charge is -2.10. The zero-order valence-corrected chi connectivity index (χ0v) is 13.4. The molecule has 2 heterocycles. The molecule has 2 rings (SSSR count). The summed E-state index contributed by atoms with van der Waals surface area (Å²) in [4.78, 5) is 0.787. The number of hydrogen-bond acceptors (Lipinski definition) is 3. The molecule has 0 bridgehead atoms. The SMILES string of the molecule is CCc1nn(C)c(CC(O)c2scc(C)c2Cl)c1Cl. The van der Waals surface area contributed by atoms with Crippen molar-refractivity contribution < 1.29 is 5.11 Å². The molecule has 0 aliphatic carbocycles. The van der Waals surface area contributed by atoms with Crippen LogP contribution in [-0.2, 0) is 19.9 Å². The van der Waals surface area contributed by atoms with Gasteiger partial charge in [0.2, 0.25) is 0 Å².